The number of carbonyl (C=O) groups excluding carboxylic acids is 1. The molecular formula is C21H20O6. The van der Waals surface area contributed by atoms with E-state index < -0.39 is 5.97 Å². The number of fused-ring (bicyclic) bond motifs is 1. The molecule has 140 valence electrons. The minimum Gasteiger partial charge on any atom is -0.493 e. The molecule has 0 amide bonds. The Morgan fingerprint density at radius 3 is 2.11 bits per heavy atom. The number of methoxy groups -OCH3 is 4. The van der Waals surface area contributed by atoms with Crippen molar-refractivity contribution in [2.45, 2.75) is 0 Å². The Kier molecular flexibility index (Phi) is 5.07. The summed E-state index contributed by atoms with van der Waals surface area (Å²) in [6, 6.07) is 10.5. The fourth-order valence-electron chi connectivity index (χ4n) is 2.83. The van der Waals surface area contributed by atoms with Gasteiger partial charge in [0.15, 0.2) is 11.5 Å². The van der Waals surface area contributed by atoms with Crippen molar-refractivity contribution >= 4 is 22.5 Å². The van der Waals surface area contributed by atoms with Crippen molar-refractivity contribution in [2.75, 3.05) is 28.4 Å². The molecule has 6 nitrogen and oxygen atoms in total. The van der Waals surface area contributed by atoms with E-state index in [2.05, 4.69) is 6.58 Å². The molecule has 0 saturated heterocycles. The van der Waals surface area contributed by atoms with Crippen LogP contribution in [0.1, 0.15) is 21.7 Å². The van der Waals surface area contributed by atoms with Gasteiger partial charge in [-0.2, -0.15) is 0 Å². The predicted molar refractivity (Wildman–Crippen MR) is 102 cm³/mol. The van der Waals surface area contributed by atoms with Crippen LogP contribution in [0.2, 0.25) is 0 Å². The minimum atomic E-state index is -0.400. The Morgan fingerprint density at radius 2 is 1.56 bits per heavy atom. The molecule has 0 bridgehead atoms. The maximum Gasteiger partial charge on any atom is 0.337 e. The number of carbonyl (C=O) groups is 1. The molecule has 6 heteroatoms. The second-order valence-corrected chi connectivity index (χ2v) is 5.75. The molecule has 0 atom stereocenters. The molecule has 0 unspecified atom stereocenters. The van der Waals surface area contributed by atoms with Gasteiger partial charge in [-0.05, 0) is 42.0 Å². The fraction of sp³-hybridized carbons (Fsp3) is 0.190. The molecule has 27 heavy (non-hydrogen) atoms. The molecule has 2 aromatic carbocycles. The first-order chi connectivity index (χ1) is 13.0. The van der Waals surface area contributed by atoms with E-state index in [1.807, 2.05) is 6.07 Å². The largest absolute Gasteiger partial charge is 0.493 e. The summed E-state index contributed by atoms with van der Waals surface area (Å²) in [7, 11) is 6.01. The zero-order valence-electron chi connectivity index (χ0n) is 15.6. The molecule has 3 rings (SSSR count). The van der Waals surface area contributed by atoms with Gasteiger partial charge in [0.1, 0.15) is 11.3 Å². The number of rotatable bonds is 6. The highest BCUT2D eigenvalue weighted by atomic mass is 16.5. The summed E-state index contributed by atoms with van der Waals surface area (Å²) in [6.45, 7) is 4.13. The summed E-state index contributed by atoms with van der Waals surface area (Å²) in [4.78, 5) is 11.7. The molecule has 0 aliphatic rings. The zero-order valence-corrected chi connectivity index (χ0v) is 15.6. The van der Waals surface area contributed by atoms with Gasteiger partial charge in [-0.1, -0.05) is 6.58 Å². The van der Waals surface area contributed by atoms with Gasteiger partial charge in [0.05, 0.1) is 34.0 Å². The number of benzene rings is 2. The highest BCUT2D eigenvalue weighted by Crippen LogP contribution is 2.41. The van der Waals surface area contributed by atoms with Crippen molar-refractivity contribution in [3.05, 3.63) is 59.9 Å². The molecule has 0 N–H and O–H groups in total. The molecule has 0 radical (unpaired) electrons. The van der Waals surface area contributed by atoms with E-state index in [-0.39, 0.29) is 0 Å². The van der Waals surface area contributed by atoms with Crippen molar-refractivity contribution in [3.63, 3.8) is 0 Å². The molecule has 0 fully saturated rings. The topological polar surface area (TPSA) is 67.1 Å². The standard InChI is InChI=1S/C21H20O6/c1-12(14-9-18(23-2)20(25-4)19(10-14)24-3)17-11-15-8-13(21(22)26-5)6-7-16(15)27-17/h6-11H,1H2,2-5H3. The molecule has 0 saturated carbocycles. The van der Waals surface area contributed by atoms with Crippen LogP contribution in [-0.2, 0) is 4.74 Å². The average molecular weight is 368 g/mol. The van der Waals surface area contributed by atoms with Crippen LogP contribution in [0, 0.1) is 0 Å². The second-order valence-electron chi connectivity index (χ2n) is 5.75. The lowest BCUT2D eigenvalue weighted by Gasteiger charge is -2.14. The highest BCUT2D eigenvalue weighted by Gasteiger charge is 2.17. The van der Waals surface area contributed by atoms with Crippen LogP contribution >= 0.6 is 0 Å². The van der Waals surface area contributed by atoms with Gasteiger partial charge in [0.2, 0.25) is 5.75 Å². The van der Waals surface area contributed by atoms with Crippen LogP contribution in [0.4, 0.5) is 0 Å². The monoisotopic (exact) mass is 368 g/mol. The summed E-state index contributed by atoms with van der Waals surface area (Å²) in [5.74, 6) is 1.72. The molecule has 0 aliphatic heterocycles. The summed E-state index contributed by atoms with van der Waals surface area (Å²) in [5.41, 5.74) is 2.50. The number of hydrogen-bond donors (Lipinski definition) is 0. The molecule has 3 aromatic rings. The van der Waals surface area contributed by atoms with Gasteiger partial charge in [0, 0.05) is 11.0 Å². The van der Waals surface area contributed by atoms with Crippen molar-refractivity contribution in [1.29, 1.82) is 0 Å². The van der Waals surface area contributed by atoms with Crippen molar-refractivity contribution in [2.24, 2.45) is 0 Å². The lowest BCUT2D eigenvalue weighted by Crippen LogP contribution is -1.99. The predicted octanol–water partition coefficient (Wildman–Crippen LogP) is 4.31. The molecular weight excluding hydrogens is 348 g/mol. The van der Waals surface area contributed by atoms with E-state index in [0.717, 1.165) is 10.9 Å². The quantitative estimate of drug-likeness (QED) is 0.604. The van der Waals surface area contributed by atoms with E-state index in [4.69, 9.17) is 23.4 Å². The normalized spacial score (nSPS) is 10.5. The third kappa shape index (κ3) is 3.33. The summed E-state index contributed by atoms with van der Waals surface area (Å²) in [6.07, 6.45) is 0. The van der Waals surface area contributed by atoms with E-state index in [9.17, 15) is 4.79 Å². The van der Waals surface area contributed by atoms with Crippen molar-refractivity contribution < 1.29 is 28.2 Å². The maximum absolute atomic E-state index is 11.7. The average Bonchev–Trinajstić information content (AvgIpc) is 3.14. The van der Waals surface area contributed by atoms with Crippen LogP contribution in [0.15, 0.2) is 47.4 Å². The van der Waals surface area contributed by atoms with E-state index in [1.54, 1.807) is 51.7 Å². The van der Waals surface area contributed by atoms with Gasteiger partial charge in [-0.25, -0.2) is 4.79 Å². The van der Waals surface area contributed by atoms with Crippen LogP contribution in [0.25, 0.3) is 16.5 Å². The Hall–Kier alpha value is -3.41. The van der Waals surface area contributed by atoms with Crippen LogP contribution in [0.5, 0.6) is 17.2 Å². The van der Waals surface area contributed by atoms with Crippen LogP contribution in [-0.4, -0.2) is 34.4 Å². The summed E-state index contributed by atoms with van der Waals surface area (Å²) in [5, 5.41) is 0.779. The van der Waals surface area contributed by atoms with Crippen molar-refractivity contribution in [3.8, 4) is 17.2 Å². The van der Waals surface area contributed by atoms with E-state index >= 15 is 0 Å². The number of furan rings is 1. The fourth-order valence-corrected chi connectivity index (χ4v) is 2.83. The minimum absolute atomic E-state index is 0.400. The Labute approximate surface area is 156 Å². The van der Waals surface area contributed by atoms with Gasteiger partial charge in [-0.3, -0.25) is 0 Å². The lowest BCUT2D eigenvalue weighted by molar-refractivity contribution is 0.0601. The third-order valence-corrected chi connectivity index (χ3v) is 4.25. The SMILES string of the molecule is C=C(c1cc(OC)c(OC)c(OC)c1)c1cc2cc(C(=O)OC)ccc2o1. The summed E-state index contributed by atoms with van der Waals surface area (Å²) < 4.78 is 26.8. The van der Waals surface area contributed by atoms with Gasteiger partial charge in [0.25, 0.3) is 0 Å². The highest BCUT2D eigenvalue weighted by molar-refractivity contribution is 5.95. The second kappa shape index (κ2) is 7.45. The van der Waals surface area contributed by atoms with E-state index in [1.165, 1.54) is 7.11 Å². The molecule has 1 aromatic heterocycles. The smallest absolute Gasteiger partial charge is 0.337 e. The first-order valence-electron chi connectivity index (χ1n) is 8.14. The molecule has 0 spiro atoms. The first-order valence-corrected chi connectivity index (χ1v) is 8.14. The molecule has 0 aliphatic carbocycles. The van der Waals surface area contributed by atoms with Gasteiger partial charge in [-0.15, -0.1) is 0 Å². The lowest BCUT2D eigenvalue weighted by atomic mass is 10.0. The molecule has 1 heterocycles. The Bertz CT molecular complexity index is 990. The third-order valence-electron chi connectivity index (χ3n) is 4.25. The Balaban J connectivity index is 2.04. The summed E-state index contributed by atoms with van der Waals surface area (Å²) >= 11 is 0. The van der Waals surface area contributed by atoms with Crippen molar-refractivity contribution in [1.82, 2.24) is 0 Å². The van der Waals surface area contributed by atoms with E-state index in [0.29, 0.717) is 39.7 Å². The van der Waals surface area contributed by atoms with Crippen LogP contribution in [0.3, 0.4) is 0 Å². The maximum atomic E-state index is 11.7. The number of ether oxygens (including phenoxy) is 4. The zero-order chi connectivity index (χ0) is 19.6. The number of hydrogen-bond acceptors (Lipinski definition) is 6. The first kappa shape index (κ1) is 18.4. The Morgan fingerprint density at radius 1 is 0.889 bits per heavy atom. The van der Waals surface area contributed by atoms with Gasteiger partial charge < -0.3 is 23.4 Å². The van der Waals surface area contributed by atoms with Crippen LogP contribution < -0.4 is 14.2 Å². The number of esters is 1. The van der Waals surface area contributed by atoms with Gasteiger partial charge >= 0.3 is 5.97 Å².